The number of benzene rings is 1. The van der Waals surface area contributed by atoms with Gasteiger partial charge in [-0.25, -0.2) is 19.6 Å². The van der Waals surface area contributed by atoms with Gasteiger partial charge in [0.15, 0.2) is 5.65 Å². The summed E-state index contributed by atoms with van der Waals surface area (Å²) in [5.74, 6) is 7.61. The van der Waals surface area contributed by atoms with E-state index in [0.29, 0.717) is 53.7 Å². The zero-order valence-electron chi connectivity index (χ0n) is 20.0. The molecule has 11 heteroatoms. The third-order valence-corrected chi connectivity index (χ3v) is 6.67. The van der Waals surface area contributed by atoms with Crippen molar-refractivity contribution in [1.82, 2.24) is 29.6 Å². The maximum atomic E-state index is 12.2. The van der Waals surface area contributed by atoms with Gasteiger partial charge in [0.05, 0.1) is 11.4 Å². The number of amides is 1. The van der Waals surface area contributed by atoms with Gasteiger partial charge in [0.25, 0.3) is 0 Å². The van der Waals surface area contributed by atoms with Crippen molar-refractivity contribution in [1.29, 1.82) is 0 Å². The molecule has 4 heterocycles. The summed E-state index contributed by atoms with van der Waals surface area (Å²) in [6, 6.07) is 7.33. The predicted molar refractivity (Wildman–Crippen MR) is 140 cm³/mol. The molecule has 0 saturated carbocycles. The van der Waals surface area contributed by atoms with Gasteiger partial charge in [-0.05, 0) is 37.0 Å². The number of hydrogen-bond donors (Lipinski definition) is 1. The molecule has 1 amide bonds. The topological polar surface area (TPSA) is 121 Å². The Morgan fingerprint density at radius 2 is 2.14 bits per heavy atom. The van der Waals surface area contributed by atoms with E-state index in [9.17, 15) is 4.79 Å². The van der Waals surface area contributed by atoms with Crippen LogP contribution in [-0.2, 0) is 11.4 Å². The van der Waals surface area contributed by atoms with Crippen molar-refractivity contribution >= 4 is 34.1 Å². The third kappa shape index (κ3) is 5.54. The summed E-state index contributed by atoms with van der Waals surface area (Å²) in [6.07, 6.45) is 6.21. The fraction of sp³-hybridized carbons (Fsp3) is 0.269. The highest BCUT2D eigenvalue weighted by Gasteiger charge is 2.27. The van der Waals surface area contributed by atoms with Crippen LogP contribution in [0.4, 0.5) is 5.82 Å². The lowest BCUT2D eigenvalue weighted by atomic mass is 10.1. The van der Waals surface area contributed by atoms with E-state index in [0.717, 1.165) is 17.8 Å². The highest BCUT2D eigenvalue weighted by atomic mass is 32.1. The van der Waals surface area contributed by atoms with Gasteiger partial charge in [0, 0.05) is 30.7 Å². The average Bonchev–Trinajstić information content (AvgIpc) is 3.59. The summed E-state index contributed by atoms with van der Waals surface area (Å²) in [5.41, 5.74) is 7.25. The number of anilines is 1. The second kappa shape index (κ2) is 11.1. The molecule has 3 aromatic heterocycles. The second-order valence-corrected chi connectivity index (χ2v) is 9.29. The first kappa shape index (κ1) is 24.3. The van der Waals surface area contributed by atoms with Crippen LogP contribution in [0.15, 0.2) is 54.8 Å². The monoisotopic (exact) mass is 515 g/mol. The Labute approximate surface area is 217 Å². The highest BCUT2D eigenvalue weighted by molar-refractivity contribution is 7.09. The van der Waals surface area contributed by atoms with Crippen molar-refractivity contribution in [2.45, 2.75) is 25.5 Å². The molecule has 4 aromatic rings. The van der Waals surface area contributed by atoms with Crippen molar-refractivity contribution in [2.75, 3.05) is 25.4 Å². The number of nitrogen functional groups attached to an aromatic ring is 1. The first-order valence-electron chi connectivity index (χ1n) is 11.8. The lowest BCUT2D eigenvalue weighted by Crippen LogP contribution is -2.40. The summed E-state index contributed by atoms with van der Waals surface area (Å²) < 4.78 is 13.4. The molecule has 1 fully saturated rings. The molecular formula is C26H25N7O3S. The van der Waals surface area contributed by atoms with E-state index >= 15 is 0 Å². The Balaban J connectivity index is 1.30. The van der Waals surface area contributed by atoms with E-state index in [2.05, 4.69) is 33.4 Å². The van der Waals surface area contributed by atoms with Crippen molar-refractivity contribution in [3.63, 3.8) is 0 Å². The number of likely N-dealkylation sites (tertiary alicyclic amines) is 1. The highest BCUT2D eigenvalue weighted by Crippen LogP contribution is 2.28. The fourth-order valence-electron chi connectivity index (χ4n) is 4.18. The lowest BCUT2D eigenvalue weighted by molar-refractivity contribution is -0.127. The van der Waals surface area contributed by atoms with Gasteiger partial charge in [-0.2, -0.15) is 5.10 Å². The zero-order chi connectivity index (χ0) is 25.6. The molecule has 0 unspecified atom stereocenters. The van der Waals surface area contributed by atoms with Gasteiger partial charge in [-0.15, -0.1) is 11.3 Å². The molecule has 1 saturated heterocycles. The maximum Gasteiger partial charge on any atom is 0.246 e. The number of nitrogens with zero attached hydrogens (tertiary/aromatic N) is 6. The van der Waals surface area contributed by atoms with E-state index in [1.807, 2.05) is 34.3 Å². The second-order valence-electron chi connectivity index (χ2n) is 8.31. The summed E-state index contributed by atoms with van der Waals surface area (Å²) in [5, 5.41) is 8.13. The minimum absolute atomic E-state index is 0.0478. The van der Waals surface area contributed by atoms with E-state index in [1.165, 1.54) is 12.4 Å². The van der Waals surface area contributed by atoms with Crippen molar-refractivity contribution in [3.05, 3.63) is 65.5 Å². The Hall–Kier alpha value is -4.43. The van der Waals surface area contributed by atoms with Crippen LogP contribution in [0, 0.1) is 11.8 Å². The largest absolute Gasteiger partial charge is 0.486 e. The number of nitrogens with two attached hydrogens (primary N) is 1. The standard InChI is InChI=1S/C26H25N7O3S/c1-2-23(34)32-11-4-6-18(15-32)33-26-24(25(27)29-17-30-26)21(31-33)9-5-12-35-19-7-3-8-20(14-19)36-16-22-28-10-13-37-22/h2-3,7-8,10,13-14,17-18H,1,4,6,11-12,15-16H2,(H2,27,29,30)/t18-/m1/s1. The minimum Gasteiger partial charge on any atom is -0.486 e. The summed E-state index contributed by atoms with van der Waals surface area (Å²) >= 11 is 1.54. The smallest absolute Gasteiger partial charge is 0.246 e. The number of rotatable bonds is 7. The van der Waals surface area contributed by atoms with Crippen LogP contribution in [0.1, 0.15) is 29.6 Å². The molecule has 1 atom stereocenters. The summed E-state index contributed by atoms with van der Waals surface area (Å²) in [4.78, 5) is 26.7. The number of fused-ring (bicyclic) bond motifs is 1. The number of piperidine rings is 1. The first-order valence-corrected chi connectivity index (χ1v) is 12.6. The lowest BCUT2D eigenvalue weighted by Gasteiger charge is -2.32. The van der Waals surface area contributed by atoms with Gasteiger partial charge in [0.1, 0.15) is 47.6 Å². The SMILES string of the molecule is C=CC(=O)N1CCC[C@@H](n2nc(C#CCOc3cccc(OCc4nccs4)c3)c3c(N)ncnc32)C1. The van der Waals surface area contributed by atoms with Crippen LogP contribution < -0.4 is 15.2 Å². The predicted octanol–water partition coefficient (Wildman–Crippen LogP) is 3.22. The summed E-state index contributed by atoms with van der Waals surface area (Å²) in [7, 11) is 0. The van der Waals surface area contributed by atoms with Crippen LogP contribution in [0.3, 0.4) is 0 Å². The Morgan fingerprint density at radius 1 is 1.27 bits per heavy atom. The van der Waals surface area contributed by atoms with Crippen molar-refractivity contribution in [2.24, 2.45) is 0 Å². The number of thiazole rings is 1. The molecule has 0 aliphatic carbocycles. The van der Waals surface area contributed by atoms with Crippen LogP contribution in [0.2, 0.25) is 0 Å². The molecule has 2 N–H and O–H groups in total. The molecule has 1 aliphatic rings. The quantitative estimate of drug-likeness (QED) is 0.294. The van der Waals surface area contributed by atoms with Crippen LogP contribution >= 0.6 is 11.3 Å². The number of carbonyl (C=O) groups excluding carboxylic acids is 1. The number of ether oxygens (including phenoxy) is 2. The molecule has 0 spiro atoms. The van der Waals surface area contributed by atoms with E-state index in [1.54, 1.807) is 22.4 Å². The van der Waals surface area contributed by atoms with Gasteiger partial charge < -0.3 is 20.1 Å². The van der Waals surface area contributed by atoms with E-state index < -0.39 is 0 Å². The van der Waals surface area contributed by atoms with E-state index in [4.69, 9.17) is 20.3 Å². The Bertz CT molecular complexity index is 1470. The Morgan fingerprint density at radius 3 is 2.95 bits per heavy atom. The zero-order valence-corrected chi connectivity index (χ0v) is 20.9. The molecule has 10 nitrogen and oxygen atoms in total. The molecular weight excluding hydrogens is 490 g/mol. The molecule has 37 heavy (non-hydrogen) atoms. The van der Waals surface area contributed by atoms with Crippen LogP contribution in [0.25, 0.3) is 11.0 Å². The maximum absolute atomic E-state index is 12.2. The average molecular weight is 516 g/mol. The number of carbonyl (C=O) groups is 1. The molecule has 0 bridgehead atoms. The number of aromatic nitrogens is 5. The Kier molecular flexibility index (Phi) is 7.28. The van der Waals surface area contributed by atoms with Gasteiger partial charge >= 0.3 is 0 Å². The minimum atomic E-state index is -0.0925. The molecule has 188 valence electrons. The normalized spacial score (nSPS) is 15.1. The summed E-state index contributed by atoms with van der Waals surface area (Å²) in [6.45, 7) is 5.35. The fourth-order valence-corrected chi connectivity index (χ4v) is 4.71. The first-order chi connectivity index (χ1) is 18.1. The van der Waals surface area contributed by atoms with Gasteiger partial charge in [-0.1, -0.05) is 18.6 Å². The van der Waals surface area contributed by atoms with Crippen molar-refractivity contribution in [3.8, 4) is 23.3 Å². The van der Waals surface area contributed by atoms with Crippen LogP contribution in [0.5, 0.6) is 11.5 Å². The molecule has 5 rings (SSSR count). The van der Waals surface area contributed by atoms with E-state index in [-0.39, 0.29) is 18.6 Å². The molecule has 1 aromatic carbocycles. The van der Waals surface area contributed by atoms with Crippen LogP contribution in [-0.4, -0.2) is 55.2 Å². The third-order valence-electron chi connectivity index (χ3n) is 5.92. The van der Waals surface area contributed by atoms with Crippen molar-refractivity contribution < 1.29 is 14.3 Å². The van der Waals surface area contributed by atoms with Gasteiger partial charge in [0.2, 0.25) is 5.91 Å². The molecule has 0 radical (unpaired) electrons. The molecule has 1 aliphatic heterocycles. The van der Waals surface area contributed by atoms with Gasteiger partial charge in [-0.3, -0.25) is 4.79 Å². The number of hydrogen-bond acceptors (Lipinski definition) is 9.